The number of hydrogen-bond acceptors (Lipinski definition) is 5. The van der Waals surface area contributed by atoms with Gasteiger partial charge in [0.05, 0.1) is 29.8 Å². The summed E-state index contributed by atoms with van der Waals surface area (Å²) in [6.07, 6.45) is 6.69. The van der Waals surface area contributed by atoms with Crippen LogP contribution in [0.15, 0.2) is 42.5 Å². The predicted octanol–water partition coefficient (Wildman–Crippen LogP) is 4.54. The molecular weight excluding hydrogens is 466 g/mol. The molecule has 3 amide bonds. The zero-order valence-electron chi connectivity index (χ0n) is 21.9. The van der Waals surface area contributed by atoms with Crippen LogP contribution in [0.2, 0.25) is 0 Å². The number of fused-ring (bicyclic) bond motifs is 1. The van der Waals surface area contributed by atoms with Crippen LogP contribution in [0.4, 0.5) is 5.69 Å². The van der Waals surface area contributed by atoms with Crippen LogP contribution in [0.25, 0.3) is 0 Å². The summed E-state index contributed by atoms with van der Waals surface area (Å²) in [5.74, 6) is 0.452. The first-order chi connectivity index (χ1) is 18.0. The molecule has 0 N–H and O–H groups in total. The van der Waals surface area contributed by atoms with Crippen LogP contribution >= 0.6 is 0 Å². The zero-order valence-corrected chi connectivity index (χ0v) is 21.9. The van der Waals surface area contributed by atoms with Gasteiger partial charge in [-0.25, -0.2) is 0 Å². The Morgan fingerprint density at radius 3 is 2.65 bits per heavy atom. The Hall–Kier alpha value is -3.35. The molecule has 0 unspecified atom stereocenters. The van der Waals surface area contributed by atoms with Gasteiger partial charge in [-0.3, -0.25) is 19.3 Å². The standard InChI is InChI=1S/C30H37N3O4/c1-3-23-11-4-5-17-32(23)28(34)22-10-8-16-31(20-22)26-14-7-13-25-27(26)30(36)33(29(25)35)18-15-21-9-6-12-24(19-21)37-2/h6-7,9,12-14,19,22-23H,3-5,8,10-11,15-18,20H2,1-2H3/t22-,23+/m1/s1. The first-order valence-corrected chi connectivity index (χ1v) is 13.7. The fraction of sp³-hybridized carbons (Fsp3) is 0.500. The Bertz CT molecular complexity index is 1180. The third-order valence-electron chi connectivity index (χ3n) is 8.23. The second kappa shape index (κ2) is 11.0. The molecule has 37 heavy (non-hydrogen) atoms. The molecule has 0 spiro atoms. The lowest BCUT2D eigenvalue weighted by Crippen LogP contribution is -2.50. The molecule has 3 aliphatic rings. The highest BCUT2D eigenvalue weighted by molar-refractivity contribution is 6.23. The second-order valence-electron chi connectivity index (χ2n) is 10.4. The van der Waals surface area contributed by atoms with Gasteiger partial charge >= 0.3 is 0 Å². The Balaban J connectivity index is 1.32. The number of likely N-dealkylation sites (tertiary alicyclic amines) is 1. The minimum absolute atomic E-state index is 0.0758. The van der Waals surface area contributed by atoms with Gasteiger partial charge in [0.25, 0.3) is 11.8 Å². The summed E-state index contributed by atoms with van der Waals surface area (Å²) in [7, 11) is 1.62. The van der Waals surface area contributed by atoms with Crippen LogP contribution in [-0.4, -0.2) is 66.9 Å². The monoisotopic (exact) mass is 503 g/mol. The Morgan fingerprint density at radius 1 is 1.00 bits per heavy atom. The van der Waals surface area contributed by atoms with Gasteiger partial charge in [-0.2, -0.15) is 0 Å². The summed E-state index contributed by atoms with van der Waals surface area (Å²) in [4.78, 5) is 45.9. The number of ether oxygens (including phenoxy) is 1. The van der Waals surface area contributed by atoms with E-state index in [2.05, 4.69) is 16.7 Å². The summed E-state index contributed by atoms with van der Waals surface area (Å²) < 4.78 is 5.30. The number of anilines is 1. The highest BCUT2D eigenvalue weighted by atomic mass is 16.5. The molecule has 2 fully saturated rings. The molecule has 3 aliphatic heterocycles. The molecule has 7 nitrogen and oxygen atoms in total. The number of carbonyl (C=O) groups is 3. The number of hydrogen-bond donors (Lipinski definition) is 0. The summed E-state index contributed by atoms with van der Waals surface area (Å²) in [5, 5.41) is 0. The number of rotatable bonds is 7. The topological polar surface area (TPSA) is 70.2 Å². The molecule has 7 heteroatoms. The molecule has 5 rings (SSSR count). The van der Waals surface area contributed by atoms with Crippen molar-refractivity contribution in [1.29, 1.82) is 0 Å². The normalized spacial score (nSPS) is 21.8. The summed E-state index contributed by atoms with van der Waals surface area (Å²) in [6.45, 7) is 4.70. The van der Waals surface area contributed by atoms with E-state index < -0.39 is 0 Å². The van der Waals surface area contributed by atoms with E-state index in [1.807, 2.05) is 36.4 Å². The lowest BCUT2D eigenvalue weighted by molar-refractivity contribution is -0.139. The predicted molar refractivity (Wildman–Crippen MR) is 143 cm³/mol. The van der Waals surface area contributed by atoms with Gasteiger partial charge < -0.3 is 14.5 Å². The minimum atomic E-state index is -0.242. The largest absolute Gasteiger partial charge is 0.497 e. The average molecular weight is 504 g/mol. The molecule has 2 aromatic carbocycles. The summed E-state index contributed by atoms with van der Waals surface area (Å²) >= 11 is 0. The Kier molecular flexibility index (Phi) is 7.49. The summed E-state index contributed by atoms with van der Waals surface area (Å²) in [5.41, 5.74) is 2.74. The molecule has 2 atom stereocenters. The fourth-order valence-electron chi connectivity index (χ4n) is 6.20. The first-order valence-electron chi connectivity index (χ1n) is 13.7. The van der Waals surface area contributed by atoms with E-state index in [9.17, 15) is 14.4 Å². The molecule has 0 saturated carbocycles. The number of carbonyl (C=O) groups excluding carboxylic acids is 3. The van der Waals surface area contributed by atoms with Crippen LogP contribution in [-0.2, 0) is 11.2 Å². The van der Waals surface area contributed by atoms with E-state index in [-0.39, 0.29) is 23.6 Å². The van der Waals surface area contributed by atoms with E-state index in [4.69, 9.17) is 4.74 Å². The highest BCUT2D eigenvalue weighted by Gasteiger charge is 2.40. The van der Waals surface area contributed by atoms with Gasteiger partial charge in [-0.05, 0) is 74.8 Å². The van der Waals surface area contributed by atoms with Crippen LogP contribution in [0.1, 0.15) is 71.7 Å². The Morgan fingerprint density at radius 2 is 1.84 bits per heavy atom. The molecule has 0 bridgehead atoms. The van der Waals surface area contributed by atoms with Crippen molar-refractivity contribution in [3.05, 3.63) is 59.2 Å². The van der Waals surface area contributed by atoms with E-state index in [1.54, 1.807) is 13.2 Å². The van der Waals surface area contributed by atoms with E-state index >= 15 is 0 Å². The lowest BCUT2D eigenvalue weighted by Gasteiger charge is -2.41. The van der Waals surface area contributed by atoms with Crippen molar-refractivity contribution in [2.24, 2.45) is 5.92 Å². The molecular formula is C30H37N3O4. The maximum absolute atomic E-state index is 13.5. The average Bonchev–Trinajstić information content (AvgIpc) is 3.20. The zero-order chi connectivity index (χ0) is 25.9. The summed E-state index contributed by atoms with van der Waals surface area (Å²) in [6, 6.07) is 13.6. The van der Waals surface area contributed by atoms with Gasteiger partial charge in [-0.15, -0.1) is 0 Å². The van der Waals surface area contributed by atoms with E-state index in [0.29, 0.717) is 36.7 Å². The van der Waals surface area contributed by atoms with Crippen LogP contribution in [0, 0.1) is 5.92 Å². The molecule has 0 radical (unpaired) electrons. The number of benzene rings is 2. The SMILES string of the molecule is CC[C@H]1CCCCN1C(=O)[C@@H]1CCCN(c2cccc3c2C(=O)N(CCc2cccc(OC)c2)C3=O)C1. The molecule has 0 aromatic heterocycles. The number of nitrogens with zero attached hydrogens (tertiary/aromatic N) is 3. The van der Waals surface area contributed by atoms with Crippen molar-refractivity contribution in [3.63, 3.8) is 0 Å². The van der Waals surface area contributed by atoms with Crippen molar-refractivity contribution in [1.82, 2.24) is 9.80 Å². The quantitative estimate of drug-likeness (QED) is 0.519. The number of piperidine rings is 2. The van der Waals surface area contributed by atoms with E-state index in [1.165, 1.54) is 11.3 Å². The highest BCUT2D eigenvalue weighted by Crippen LogP contribution is 2.35. The van der Waals surface area contributed by atoms with Crippen LogP contribution in [0.3, 0.4) is 0 Å². The number of methoxy groups -OCH3 is 1. The van der Waals surface area contributed by atoms with Gasteiger partial charge in [-0.1, -0.05) is 25.1 Å². The van der Waals surface area contributed by atoms with Gasteiger partial charge in [0, 0.05) is 32.2 Å². The van der Waals surface area contributed by atoms with E-state index in [0.717, 1.165) is 62.2 Å². The third kappa shape index (κ3) is 4.96. The second-order valence-corrected chi connectivity index (χ2v) is 10.4. The van der Waals surface area contributed by atoms with Crippen molar-refractivity contribution in [2.75, 3.05) is 38.2 Å². The van der Waals surface area contributed by atoms with Gasteiger partial charge in [0.2, 0.25) is 5.91 Å². The lowest BCUT2D eigenvalue weighted by atomic mass is 9.92. The molecule has 3 heterocycles. The van der Waals surface area contributed by atoms with Crippen molar-refractivity contribution in [2.45, 2.75) is 57.9 Å². The molecule has 0 aliphatic carbocycles. The van der Waals surface area contributed by atoms with Crippen LogP contribution in [0.5, 0.6) is 5.75 Å². The minimum Gasteiger partial charge on any atom is -0.497 e. The maximum atomic E-state index is 13.5. The smallest absolute Gasteiger partial charge is 0.263 e. The fourth-order valence-corrected chi connectivity index (χ4v) is 6.20. The Labute approximate surface area is 219 Å². The maximum Gasteiger partial charge on any atom is 0.263 e. The van der Waals surface area contributed by atoms with Crippen molar-refractivity contribution in [3.8, 4) is 5.75 Å². The molecule has 2 saturated heterocycles. The van der Waals surface area contributed by atoms with Gasteiger partial charge in [0.1, 0.15) is 5.75 Å². The van der Waals surface area contributed by atoms with Crippen molar-refractivity contribution >= 4 is 23.4 Å². The third-order valence-corrected chi connectivity index (χ3v) is 8.23. The number of imide groups is 1. The van der Waals surface area contributed by atoms with Gasteiger partial charge in [0.15, 0.2) is 0 Å². The first kappa shape index (κ1) is 25.3. The number of amides is 3. The molecule has 196 valence electrons. The van der Waals surface area contributed by atoms with Crippen molar-refractivity contribution < 1.29 is 19.1 Å². The molecule has 2 aromatic rings. The van der Waals surface area contributed by atoms with Crippen LogP contribution < -0.4 is 9.64 Å².